The average molecular weight is 415 g/mol. The number of carbonyl (C=O) groups excluding carboxylic acids is 1. The number of nitrogens with one attached hydrogen (secondary N) is 1. The summed E-state index contributed by atoms with van der Waals surface area (Å²) >= 11 is 0. The lowest BCUT2D eigenvalue weighted by atomic mass is 10.0. The highest BCUT2D eigenvalue weighted by atomic mass is 16.5. The van der Waals surface area contributed by atoms with E-state index < -0.39 is 23.3 Å². The summed E-state index contributed by atoms with van der Waals surface area (Å²) in [6.07, 6.45) is 1.42. The molecular formula is C24H21N3O4. The van der Waals surface area contributed by atoms with Crippen molar-refractivity contribution in [2.45, 2.75) is 26.0 Å². The number of aromatic nitrogens is 3. The highest BCUT2D eigenvalue weighted by Gasteiger charge is 2.21. The van der Waals surface area contributed by atoms with Crippen molar-refractivity contribution >= 4 is 17.0 Å². The van der Waals surface area contributed by atoms with E-state index in [2.05, 4.69) is 9.97 Å². The molecule has 0 radical (unpaired) electrons. The molecule has 0 atom stereocenters. The summed E-state index contributed by atoms with van der Waals surface area (Å²) in [5.74, 6) is -0.611. The Labute approximate surface area is 178 Å². The van der Waals surface area contributed by atoms with Crippen LogP contribution in [-0.2, 0) is 11.3 Å². The Balaban J connectivity index is 1.73. The van der Waals surface area contributed by atoms with E-state index in [-0.39, 0.29) is 16.6 Å². The molecule has 7 heteroatoms. The van der Waals surface area contributed by atoms with E-state index in [1.54, 1.807) is 0 Å². The molecule has 7 nitrogen and oxygen atoms in total. The summed E-state index contributed by atoms with van der Waals surface area (Å²) < 4.78 is 7.23. The standard InChI is InChI=1S/C24H21N3O4/c1-2-13-27-21-19(22(28)26-24(27)30)14-18(15-25-21)23(29)31-20(16-9-5-3-6-10-16)17-11-7-4-8-12-17/h3-12,14-15,20H,2,13H2,1H3,(H,26,28,30). The highest BCUT2D eigenvalue weighted by Crippen LogP contribution is 2.27. The number of fused-ring (bicyclic) bond motifs is 1. The molecule has 0 aliphatic heterocycles. The number of benzene rings is 2. The fourth-order valence-electron chi connectivity index (χ4n) is 3.47. The lowest BCUT2D eigenvalue weighted by Gasteiger charge is -2.19. The lowest BCUT2D eigenvalue weighted by molar-refractivity contribution is 0.0378. The van der Waals surface area contributed by atoms with Gasteiger partial charge in [0.15, 0.2) is 6.10 Å². The molecule has 2 heterocycles. The first kappa shape index (κ1) is 20.3. The van der Waals surface area contributed by atoms with Gasteiger partial charge in [-0.1, -0.05) is 67.6 Å². The molecule has 0 fully saturated rings. The van der Waals surface area contributed by atoms with Gasteiger partial charge in [0.05, 0.1) is 10.9 Å². The number of H-pyrrole nitrogens is 1. The van der Waals surface area contributed by atoms with E-state index in [0.717, 1.165) is 11.1 Å². The van der Waals surface area contributed by atoms with E-state index in [4.69, 9.17) is 4.74 Å². The van der Waals surface area contributed by atoms with Crippen molar-refractivity contribution in [2.24, 2.45) is 0 Å². The Bertz CT molecular complexity index is 1290. The van der Waals surface area contributed by atoms with Gasteiger partial charge in [-0.3, -0.25) is 14.3 Å². The number of carbonyl (C=O) groups is 1. The smallest absolute Gasteiger partial charge is 0.340 e. The fourth-order valence-corrected chi connectivity index (χ4v) is 3.47. The summed E-state index contributed by atoms with van der Waals surface area (Å²) in [5.41, 5.74) is 0.926. The fraction of sp³-hybridized carbons (Fsp3) is 0.167. The number of ether oxygens (including phenoxy) is 1. The maximum absolute atomic E-state index is 13.0. The van der Waals surface area contributed by atoms with Crippen LogP contribution in [0.2, 0.25) is 0 Å². The van der Waals surface area contributed by atoms with Crippen molar-refractivity contribution in [3.05, 3.63) is 110 Å². The van der Waals surface area contributed by atoms with Gasteiger partial charge in [-0.2, -0.15) is 0 Å². The van der Waals surface area contributed by atoms with Gasteiger partial charge in [0.1, 0.15) is 5.65 Å². The van der Waals surface area contributed by atoms with Crippen LogP contribution in [0, 0.1) is 0 Å². The van der Waals surface area contributed by atoms with Crippen LogP contribution < -0.4 is 11.2 Å². The van der Waals surface area contributed by atoms with Crippen LogP contribution in [0.25, 0.3) is 11.0 Å². The largest absolute Gasteiger partial charge is 0.449 e. The first-order valence-electron chi connectivity index (χ1n) is 10.0. The second-order valence-electron chi connectivity index (χ2n) is 7.11. The van der Waals surface area contributed by atoms with E-state index in [1.807, 2.05) is 67.6 Å². The minimum Gasteiger partial charge on any atom is -0.449 e. The Kier molecular flexibility index (Phi) is 5.75. The van der Waals surface area contributed by atoms with E-state index >= 15 is 0 Å². The number of hydrogen-bond acceptors (Lipinski definition) is 5. The van der Waals surface area contributed by atoms with Gasteiger partial charge >= 0.3 is 11.7 Å². The van der Waals surface area contributed by atoms with Crippen molar-refractivity contribution < 1.29 is 9.53 Å². The molecule has 0 aliphatic carbocycles. The van der Waals surface area contributed by atoms with Crippen molar-refractivity contribution in [3.63, 3.8) is 0 Å². The number of nitrogens with zero attached hydrogens (tertiary/aromatic N) is 2. The second kappa shape index (κ2) is 8.79. The monoisotopic (exact) mass is 415 g/mol. The molecule has 4 rings (SSSR count). The molecule has 0 aliphatic rings. The number of hydrogen-bond donors (Lipinski definition) is 1. The zero-order valence-corrected chi connectivity index (χ0v) is 16.9. The van der Waals surface area contributed by atoms with Gasteiger partial charge in [-0.25, -0.2) is 14.6 Å². The van der Waals surface area contributed by atoms with E-state index in [0.29, 0.717) is 13.0 Å². The normalized spacial score (nSPS) is 11.0. The van der Waals surface area contributed by atoms with Crippen LogP contribution >= 0.6 is 0 Å². The van der Waals surface area contributed by atoms with Crippen molar-refractivity contribution in [2.75, 3.05) is 0 Å². The summed E-state index contributed by atoms with van der Waals surface area (Å²) in [7, 11) is 0. The van der Waals surface area contributed by atoms with Gasteiger partial charge in [-0.05, 0) is 23.6 Å². The third-order valence-electron chi connectivity index (χ3n) is 4.95. The topological polar surface area (TPSA) is 94.1 Å². The van der Waals surface area contributed by atoms with Crippen LogP contribution in [-0.4, -0.2) is 20.5 Å². The zero-order chi connectivity index (χ0) is 21.8. The maximum atomic E-state index is 13.0. The SMILES string of the molecule is CCCn1c(=O)[nH]c(=O)c2cc(C(=O)OC(c3ccccc3)c3ccccc3)cnc21. The molecule has 0 bridgehead atoms. The van der Waals surface area contributed by atoms with Crippen molar-refractivity contribution in [1.29, 1.82) is 0 Å². The first-order valence-corrected chi connectivity index (χ1v) is 10.0. The van der Waals surface area contributed by atoms with Gasteiger partial charge in [0, 0.05) is 12.7 Å². The summed E-state index contributed by atoms with van der Waals surface area (Å²) in [6, 6.07) is 20.3. The molecule has 0 unspecified atom stereocenters. The number of aryl methyl sites for hydroxylation is 1. The predicted molar refractivity (Wildman–Crippen MR) is 117 cm³/mol. The molecule has 2 aromatic heterocycles. The molecule has 0 spiro atoms. The average Bonchev–Trinajstić information content (AvgIpc) is 2.81. The number of pyridine rings is 1. The van der Waals surface area contributed by atoms with Gasteiger partial charge in [0.2, 0.25) is 0 Å². The van der Waals surface area contributed by atoms with E-state index in [9.17, 15) is 14.4 Å². The van der Waals surface area contributed by atoms with Gasteiger partial charge < -0.3 is 4.74 Å². The number of rotatable bonds is 6. The highest BCUT2D eigenvalue weighted by molar-refractivity contribution is 5.93. The third-order valence-corrected chi connectivity index (χ3v) is 4.95. The van der Waals surface area contributed by atoms with Crippen molar-refractivity contribution in [3.8, 4) is 0 Å². The Hall–Kier alpha value is -4.00. The maximum Gasteiger partial charge on any atom is 0.340 e. The Morgan fingerprint density at radius 3 is 2.23 bits per heavy atom. The minimum absolute atomic E-state index is 0.136. The zero-order valence-electron chi connectivity index (χ0n) is 16.9. The molecule has 156 valence electrons. The van der Waals surface area contributed by atoms with Crippen LogP contribution in [0.15, 0.2) is 82.5 Å². The van der Waals surface area contributed by atoms with Crippen LogP contribution in [0.4, 0.5) is 0 Å². The second-order valence-corrected chi connectivity index (χ2v) is 7.11. The molecule has 0 amide bonds. The van der Waals surface area contributed by atoms with Crippen LogP contribution in [0.3, 0.4) is 0 Å². The molecule has 2 aromatic carbocycles. The molecule has 0 saturated heterocycles. The quantitative estimate of drug-likeness (QED) is 0.487. The first-order chi connectivity index (χ1) is 15.1. The number of esters is 1. The lowest BCUT2D eigenvalue weighted by Crippen LogP contribution is -2.31. The molecule has 4 aromatic rings. The third kappa shape index (κ3) is 4.16. The molecule has 31 heavy (non-hydrogen) atoms. The van der Waals surface area contributed by atoms with Crippen molar-refractivity contribution in [1.82, 2.24) is 14.5 Å². The van der Waals surface area contributed by atoms with Crippen LogP contribution in [0.1, 0.15) is 40.9 Å². The van der Waals surface area contributed by atoms with Gasteiger partial charge in [0.25, 0.3) is 5.56 Å². The Morgan fingerprint density at radius 1 is 1.03 bits per heavy atom. The predicted octanol–water partition coefficient (Wildman–Crippen LogP) is 3.44. The summed E-state index contributed by atoms with van der Waals surface area (Å²) in [4.78, 5) is 43.9. The summed E-state index contributed by atoms with van der Waals surface area (Å²) in [5, 5.41) is 0.165. The van der Waals surface area contributed by atoms with Gasteiger partial charge in [-0.15, -0.1) is 0 Å². The number of aromatic amines is 1. The van der Waals surface area contributed by atoms with Crippen LogP contribution in [0.5, 0.6) is 0 Å². The van der Waals surface area contributed by atoms with E-state index in [1.165, 1.54) is 16.8 Å². The molecular weight excluding hydrogens is 394 g/mol. The summed E-state index contributed by atoms with van der Waals surface area (Å²) in [6.45, 7) is 2.33. The molecule has 1 N–H and O–H groups in total. The Morgan fingerprint density at radius 2 is 1.65 bits per heavy atom. The molecule has 0 saturated carbocycles. The minimum atomic E-state index is -0.613.